The van der Waals surface area contributed by atoms with E-state index in [1.54, 1.807) is 0 Å². The van der Waals surface area contributed by atoms with Crippen molar-refractivity contribution in [2.24, 2.45) is 17.1 Å². The molecule has 1 rings (SSSR count). The van der Waals surface area contributed by atoms with Crippen LogP contribution in [0.15, 0.2) is 0 Å². The van der Waals surface area contributed by atoms with E-state index in [0.717, 1.165) is 25.7 Å². The number of ether oxygens (including phenoxy) is 2. The zero-order valence-electron chi connectivity index (χ0n) is 13.1. The molecule has 5 heteroatoms. The highest BCUT2D eigenvalue weighted by molar-refractivity contribution is 5.83. The average molecular weight is 286 g/mol. The zero-order valence-corrected chi connectivity index (χ0v) is 13.1. The van der Waals surface area contributed by atoms with Crippen LogP contribution in [-0.2, 0) is 14.3 Å². The Kier molecular flexibility index (Phi) is 7.48. The molecule has 5 nitrogen and oxygen atoms in total. The molecule has 0 aliphatic heterocycles. The first kappa shape index (κ1) is 17.4. The van der Waals surface area contributed by atoms with Gasteiger partial charge in [0.05, 0.1) is 12.0 Å². The normalized spacial score (nSPS) is 26.8. The maximum Gasteiger partial charge on any atom is 0.227 e. The second-order valence-electron chi connectivity index (χ2n) is 5.72. The Balaban J connectivity index is 2.50. The fourth-order valence-corrected chi connectivity index (χ4v) is 2.74. The monoisotopic (exact) mass is 286 g/mol. The standard InChI is InChI=1S/C15H30N2O3/c1-4-19-13(20-5-2)10-17-14(18)15(11-16)8-6-12(3)7-9-15/h12-13H,4-11,16H2,1-3H3,(H,17,18). The molecule has 1 aliphatic carbocycles. The van der Waals surface area contributed by atoms with Crippen LogP contribution >= 0.6 is 0 Å². The topological polar surface area (TPSA) is 73.6 Å². The van der Waals surface area contributed by atoms with Crippen LogP contribution < -0.4 is 11.1 Å². The minimum Gasteiger partial charge on any atom is -0.351 e. The summed E-state index contributed by atoms with van der Waals surface area (Å²) in [5, 5.41) is 2.96. The molecule has 1 amide bonds. The van der Waals surface area contributed by atoms with E-state index in [9.17, 15) is 4.79 Å². The molecule has 0 heterocycles. The lowest BCUT2D eigenvalue weighted by Crippen LogP contribution is -2.50. The summed E-state index contributed by atoms with van der Waals surface area (Å²) < 4.78 is 10.9. The van der Waals surface area contributed by atoms with Crippen molar-refractivity contribution in [3.05, 3.63) is 0 Å². The van der Waals surface area contributed by atoms with Crippen LogP contribution in [0.3, 0.4) is 0 Å². The number of carbonyl (C=O) groups excluding carboxylic acids is 1. The summed E-state index contributed by atoms with van der Waals surface area (Å²) in [7, 11) is 0. The summed E-state index contributed by atoms with van der Waals surface area (Å²) in [4.78, 5) is 12.5. The average Bonchev–Trinajstić information content (AvgIpc) is 2.46. The number of carbonyl (C=O) groups is 1. The van der Waals surface area contributed by atoms with E-state index in [4.69, 9.17) is 15.2 Å². The third-order valence-electron chi connectivity index (χ3n) is 4.24. The summed E-state index contributed by atoms with van der Waals surface area (Å²) in [5.41, 5.74) is 5.49. The summed E-state index contributed by atoms with van der Waals surface area (Å²) in [5.74, 6) is 0.748. The number of nitrogens with two attached hydrogens (primary N) is 1. The van der Waals surface area contributed by atoms with Gasteiger partial charge in [0.25, 0.3) is 0 Å². The molecule has 20 heavy (non-hydrogen) atoms. The van der Waals surface area contributed by atoms with E-state index in [1.165, 1.54) is 0 Å². The van der Waals surface area contributed by atoms with Gasteiger partial charge in [-0.1, -0.05) is 6.92 Å². The van der Waals surface area contributed by atoms with E-state index in [1.807, 2.05) is 13.8 Å². The molecule has 118 valence electrons. The van der Waals surface area contributed by atoms with E-state index < -0.39 is 5.41 Å². The zero-order chi connectivity index (χ0) is 15.0. The molecule has 1 fully saturated rings. The number of hydrogen-bond donors (Lipinski definition) is 2. The lowest BCUT2D eigenvalue weighted by molar-refractivity contribution is -0.146. The number of hydrogen-bond acceptors (Lipinski definition) is 4. The first-order chi connectivity index (χ1) is 9.57. The Hall–Kier alpha value is -0.650. The third kappa shape index (κ3) is 4.72. The molecule has 0 atom stereocenters. The van der Waals surface area contributed by atoms with E-state index in [2.05, 4.69) is 12.2 Å². The summed E-state index contributed by atoms with van der Waals surface area (Å²) >= 11 is 0. The van der Waals surface area contributed by atoms with Gasteiger partial charge in [-0.05, 0) is 45.4 Å². The molecule has 1 aliphatic rings. The maximum absolute atomic E-state index is 12.5. The highest BCUT2D eigenvalue weighted by atomic mass is 16.7. The summed E-state index contributed by atoms with van der Waals surface area (Å²) in [6.07, 6.45) is 3.54. The van der Waals surface area contributed by atoms with Crippen molar-refractivity contribution < 1.29 is 14.3 Å². The van der Waals surface area contributed by atoms with Crippen LogP contribution in [0, 0.1) is 11.3 Å². The first-order valence-electron chi connectivity index (χ1n) is 7.79. The van der Waals surface area contributed by atoms with E-state index >= 15 is 0 Å². The SMILES string of the molecule is CCOC(CNC(=O)C1(CN)CCC(C)CC1)OCC. The second kappa shape index (κ2) is 8.60. The minimum atomic E-state index is -0.393. The van der Waals surface area contributed by atoms with Crippen LogP contribution in [0.1, 0.15) is 46.5 Å². The van der Waals surface area contributed by atoms with Gasteiger partial charge in [0, 0.05) is 19.8 Å². The minimum absolute atomic E-state index is 0.0521. The Morgan fingerprint density at radius 2 is 1.85 bits per heavy atom. The molecule has 1 saturated carbocycles. The predicted octanol–water partition coefficient (Wildman–Crippen LogP) is 1.66. The van der Waals surface area contributed by atoms with Crippen LogP contribution in [0.2, 0.25) is 0 Å². The Bertz CT molecular complexity index is 283. The lowest BCUT2D eigenvalue weighted by Gasteiger charge is -2.37. The molecular formula is C15H30N2O3. The van der Waals surface area contributed by atoms with Crippen molar-refractivity contribution >= 4 is 5.91 Å². The maximum atomic E-state index is 12.5. The third-order valence-corrected chi connectivity index (χ3v) is 4.24. The molecule has 0 saturated heterocycles. The van der Waals surface area contributed by atoms with Gasteiger partial charge in [0.15, 0.2) is 6.29 Å². The van der Waals surface area contributed by atoms with Gasteiger partial charge in [0.1, 0.15) is 0 Å². The molecule has 3 N–H and O–H groups in total. The van der Waals surface area contributed by atoms with Crippen molar-refractivity contribution in [1.29, 1.82) is 0 Å². The quantitative estimate of drug-likeness (QED) is 0.666. The van der Waals surface area contributed by atoms with Crippen LogP contribution in [0.25, 0.3) is 0 Å². The Labute approximate surface area is 122 Å². The molecule has 0 spiro atoms. The van der Waals surface area contributed by atoms with Gasteiger partial charge >= 0.3 is 0 Å². The molecule has 0 unspecified atom stereocenters. The number of rotatable bonds is 8. The Morgan fingerprint density at radius 3 is 2.30 bits per heavy atom. The van der Waals surface area contributed by atoms with Gasteiger partial charge < -0.3 is 20.5 Å². The van der Waals surface area contributed by atoms with Crippen LogP contribution in [0.4, 0.5) is 0 Å². The van der Waals surface area contributed by atoms with Gasteiger partial charge in [-0.3, -0.25) is 4.79 Å². The predicted molar refractivity (Wildman–Crippen MR) is 79.2 cm³/mol. The molecule has 0 aromatic carbocycles. The van der Waals surface area contributed by atoms with Gasteiger partial charge in [0.2, 0.25) is 5.91 Å². The summed E-state index contributed by atoms with van der Waals surface area (Å²) in [6, 6.07) is 0. The molecule has 0 radical (unpaired) electrons. The highest BCUT2D eigenvalue weighted by Gasteiger charge is 2.39. The van der Waals surface area contributed by atoms with Crippen molar-refractivity contribution in [3.63, 3.8) is 0 Å². The van der Waals surface area contributed by atoms with Crippen molar-refractivity contribution in [2.75, 3.05) is 26.3 Å². The first-order valence-corrected chi connectivity index (χ1v) is 7.79. The lowest BCUT2D eigenvalue weighted by atomic mass is 9.70. The van der Waals surface area contributed by atoms with Gasteiger partial charge in [-0.25, -0.2) is 0 Å². The molecular weight excluding hydrogens is 256 g/mol. The highest BCUT2D eigenvalue weighted by Crippen LogP contribution is 2.38. The number of amides is 1. The van der Waals surface area contributed by atoms with Crippen LogP contribution in [0.5, 0.6) is 0 Å². The smallest absolute Gasteiger partial charge is 0.227 e. The largest absolute Gasteiger partial charge is 0.351 e. The molecule has 0 aromatic heterocycles. The fraction of sp³-hybridized carbons (Fsp3) is 0.933. The van der Waals surface area contributed by atoms with E-state index in [-0.39, 0.29) is 12.2 Å². The molecule has 0 bridgehead atoms. The Morgan fingerprint density at radius 1 is 1.30 bits per heavy atom. The summed E-state index contributed by atoms with van der Waals surface area (Å²) in [6.45, 7) is 8.01. The van der Waals surface area contributed by atoms with Gasteiger partial charge in [-0.15, -0.1) is 0 Å². The van der Waals surface area contributed by atoms with Gasteiger partial charge in [-0.2, -0.15) is 0 Å². The fourth-order valence-electron chi connectivity index (χ4n) is 2.74. The number of nitrogens with one attached hydrogen (secondary N) is 1. The van der Waals surface area contributed by atoms with Crippen molar-refractivity contribution in [2.45, 2.75) is 52.7 Å². The van der Waals surface area contributed by atoms with Crippen molar-refractivity contribution in [1.82, 2.24) is 5.32 Å². The second-order valence-corrected chi connectivity index (χ2v) is 5.72. The molecule has 0 aromatic rings. The van der Waals surface area contributed by atoms with Crippen molar-refractivity contribution in [3.8, 4) is 0 Å². The van der Waals surface area contributed by atoms with Crippen LogP contribution in [-0.4, -0.2) is 38.5 Å². The van der Waals surface area contributed by atoms with E-state index in [0.29, 0.717) is 32.2 Å².